The lowest BCUT2D eigenvalue weighted by Gasteiger charge is -2.35. The molecule has 0 spiro atoms. The Labute approximate surface area is 163 Å². The van der Waals surface area contributed by atoms with Crippen LogP contribution in [0.25, 0.3) is 0 Å². The summed E-state index contributed by atoms with van der Waals surface area (Å²) < 4.78 is 26.8. The second kappa shape index (κ2) is 8.07. The first-order valence-electron chi connectivity index (χ1n) is 8.83. The summed E-state index contributed by atoms with van der Waals surface area (Å²) in [6, 6.07) is 12.9. The lowest BCUT2D eigenvalue weighted by Crippen LogP contribution is -2.49. The summed E-state index contributed by atoms with van der Waals surface area (Å²) in [4.78, 5) is 23.6. The van der Waals surface area contributed by atoms with Crippen molar-refractivity contribution in [3.8, 4) is 0 Å². The molecule has 0 aromatic heterocycles. The lowest BCUT2D eigenvalue weighted by atomic mass is 10.1. The van der Waals surface area contributed by atoms with E-state index in [-0.39, 0.29) is 17.2 Å². The summed E-state index contributed by atoms with van der Waals surface area (Å²) >= 11 is 0. The molecule has 0 unspecified atom stereocenters. The lowest BCUT2D eigenvalue weighted by molar-refractivity contribution is -0.384. The number of Topliss-reactive ketones (excluding diaryl/α,β-unsaturated/α-hetero) is 1. The molecule has 3 rings (SSSR count). The first-order chi connectivity index (χ1) is 13.3. The Morgan fingerprint density at radius 2 is 1.57 bits per heavy atom. The molecule has 0 atom stereocenters. The SMILES string of the molecule is CC(=O)c1ccc(N2CCN(S(=O)(=O)Cc3ccc([N+](=O)[O-])cc3)CC2)cc1. The summed E-state index contributed by atoms with van der Waals surface area (Å²) in [5.41, 5.74) is 2.06. The second-order valence-corrected chi connectivity index (χ2v) is 8.64. The largest absolute Gasteiger partial charge is 0.369 e. The fourth-order valence-corrected chi connectivity index (χ4v) is 4.66. The van der Waals surface area contributed by atoms with Gasteiger partial charge in [0.1, 0.15) is 0 Å². The summed E-state index contributed by atoms with van der Waals surface area (Å²) in [5, 5.41) is 10.7. The Hall–Kier alpha value is -2.78. The molecule has 1 fully saturated rings. The van der Waals surface area contributed by atoms with Gasteiger partial charge in [-0.25, -0.2) is 8.42 Å². The number of nitro benzene ring substituents is 1. The third-order valence-electron chi connectivity index (χ3n) is 4.77. The van der Waals surface area contributed by atoms with Gasteiger partial charge in [0.05, 0.1) is 10.7 Å². The van der Waals surface area contributed by atoms with Crippen LogP contribution in [0, 0.1) is 10.1 Å². The van der Waals surface area contributed by atoms with E-state index in [0.29, 0.717) is 37.3 Å². The molecule has 8 nitrogen and oxygen atoms in total. The molecule has 0 N–H and O–H groups in total. The normalized spacial score (nSPS) is 15.4. The Morgan fingerprint density at radius 1 is 1.00 bits per heavy atom. The number of hydrogen-bond acceptors (Lipinski definition) is 6. The van der Waals surface area contributed by atoms with Gasteiger partial charge in [-0.2, -0.15) is 4.31 Å². The van der Waals surface area contributed by atoms with Gasteiger partial charge in [-0.3, -0.25) is 14.9 Å². The fraction of sp³-hybridized carbons (Fsp3) is 0.316. The van der Waals surface area contributed by atoms with Crippen LogP contribution < -0.4 is 4.90 Å². The zero-order valence-corrected chi connectivity index (χ0v) is 16.3. The minimum absolute atomic E-state index is 0.00806. The molecule has 0 amide bonds. The van der Waals surface area contributed by atoms with E-state index in [4.69, 9.17) is 0 Å². The van der Waals surface area contributed by atoms with E-state index in [0.717, 1.165) is 5.69 Å². The molecule has 1 saturated heterocycles. The number of carbonyl (C=O) groups excluding carboxylic acids is 1. The number of hydrogen-bond donors (Lipinski definition) is 0. The number of rotatable bonds is 6. The Balaban J connectivity index is 1.61. The zero-order chi connectivity index (χ0) is 20.3. The topological polar surface area (TPSA) is 101 Å². The van der Waals surface area contributed by atoms with Crippen LogP contribution in [-0.4, -0.2) is 49.6 Å². The van der Waals surface area contributed by atoms with Gasteiger partial charge in [0.2, 0.25) is 10.0 Å². The summed E-state index contributed by atoms with van der Waals surface area (Å²) in [5.74, 6) is -0.174. The van der Waals surface area contributed by atoms with Gasteiger partial charge in [0, 0.05) is 49.6 Å². The highest BCUT2D eigenvalue weighted by atomic mass is 32.2. The summed E-state index contributed by atoms with van der Waals surface area (Å²) in [6.07, 6.45) is 0. The van der Waals surface area contributed by atoms with Crippen LogP contribution >= 0.6 is 0 Å². The highest BCUT2D eigenvalue weighted by Gasteiger charge is 2.27. The number of non-ortho nitro benzene ring substituents is 1. The predicted molar refractivity (Wildman–Crippen MR) is 106 cm³/mol. The maximum absolute atomic E-state index is 12.7. The van der Waals surface area contributed by atoms with Crippen molar-refractivity contribution in [2.45, 2.75) is 12.7 Å². The van der Waals surface area contributed by atoms with Crippen LogP contribution in [0.15, 0.2) is 48.5 Å². The molecular weight excluding hydrogens is 382 g/mol. The molecule has 1 aliphatic rings. The maximum Gasteiger partial charge on any atom is 0.269 e. The maximum atomic E-state index is 12.7. The number of ketones is 1. The molecule has 1 aliphatic heterocycles. The van der Waals surface area contributed by atoms with Crippen LogP contribution in [-0.2, 0) is 15.8 Å². The van der Waals surface area contributed by atoms with Crippen LogP contribution in [0.3, 0.4) is 0 Å². The molecule has 148 valence electrons. The number of nitro groups is 1. The molecule has 28 heavy (non-hydrogen) atoms. The molecule has 0 aliphatic carbocycles. The van der Waals surface area contributed by atoms with Crippen molar-refractivity contribution >= 4 is 27.2 Å². The van der Waals surface area contributed by atoms with Crippen molar-refractivity contribution in [2.24, 2.45) is 0 Å². The highest BCUT2D eigenvalue weighted by Crippen LogP contribution is 2.21. The van der Waals surface area contributed by atoms with Crippen LogP contribution in [0.4, 0.5) is 11.4 Å². The van der Waals surface area contributed by atoms with Crippen LogP contribution in [0.5, 0.6) is 0 Å². The van der Waals surface area contributed by atoms with E-state index in [2.05, 4.69) is 4.90 Å². The van der Waals surface area contributed by atoms with E-state index >= 15 is 0 Å². The Bertz CT molecular complexity index is 964. The highest BCUT2D eigenvalue weighted by molar-refractivity contribution is 7.88. The van der Waals surface area contributed by atoms with Gasteiger partial charge in [0.25, 0.3) is 5.69 Å². The van der Waals surface area contributed by atoms with Crippen molar-refractivity contribution in [2.75, 3.05) is 31.1 Å². The number of anilines is 1. The average molecular weight is 403 g/mol. The third-order valence-corrected chi connectivity index (χ3v) is 6.62. The monoisotopic (exact) mass is 403 g/mol. The van der Waals surface area contributed by atoms with Crippen molar-refractivity contribution in [3.05, 3.63) is 69.8 Å². The Kier molecular flexibility index (Phi) is 5.76. The molecule has 0 bridgehead atoms. The number of nitrogens with zero attached hydrogens (tertiary/aromatic N) is 3. The van der Waals surface area contributed by atoms with Crippen LogP contribution in [0.1, 0.15) is 22.8 Å². The van der Waals surface area contributed by atoms with Gasteiger partial charge < -0.3 is 4.90 Å². The molecule has 2 aromatic carbocycles. The van der Waals surface area contributed by atoms with Gasteiger partial charge in [-0.15, -0.1) is 0 Å². The van der Waals surface area contributed by atoms with E-state index < -0.39 is 14.9 Å². The number of carbonyl (C=O) groups is 1. The average Bonchev–Trinajstić information content (AvgIpc) is 2.68. The zero-order valence-electron chi connectivity index (χ0n) is 15.4. The molecule has 0 saturated carbocycles. The smallest absolute Gasteiger partial charge is 0.269 e. The van der Waals surface area contributed by atoms with Crippen molar-refractivity contribution in [3.63, 3.8) is 0 Å². The molecule has 2 aromatic rings. The van der Waals surface area contributed by atoms with E-state index in [1.807, 2.05) is 12.1 Å². The second-order valence-electron chi connectivity index (χ2n) is 6.67. The molecule has 0 radical (unpaired) electrons. The van der Waals surface area contributed by atoms with Crippen molar-refractivity contribution < 1.29 is 18.1 Å². The fourth-order valence-electron chi connectivity index (χ4n) is 3.15. The van der Waals surface area contributed by atoms with E-state index in [1.54, 1.807) is 12.1 Å². The van der Waals surface area contributed by atoms with Crippen molar-refractivity contribution in [1.82, 2.24) is 4.31 Å². The molecule has 9 heteroatoms. The van der Waals surface area contributed by atoms with Gasteiger partial charge >= 0.3 is 0 Å². The number of benzene rings is 2. The van der Waals surface area contributed by atoms with Crippen LogP contribution in [0.2, 0.25) is 0 Å². The first kappa shape index (κ1) is 20.0. The molecular formula is C19H21N3O5S. The molecule has 1 heterocycles. The quantitative estimate of drug-likeness (QED) is 0.417. The minimum atomic E-state index is -3.50. The van der Waals surface area contributed by atoms with Crippen molar-refractivity contribution in [1.29, 1.82) is 0 Å². The van der Waals surface area contributed by atoms with Gasteiger partial charge in [-0.1, -0.05) is 12.1 Å². The van der Waals surface area contributed by atoms with Gasteiger partial charge in [0.15, 0.2) is 5.78 Å². The minimum Gasteiger partial charge on any atom is -0.369 e. The standard InChI is InChI=1S/C19H21N3O5S/c1-15(23)17-4-8-18(9-5-17)20-10-12-21(13-11-20)28(26,27)14-16-2-6-19(7-3-16)22(24)25/h2-9H,10-14H2,1H3. The first-order valence-corrected chi connectivity index (χ1v) is 10.4. The van der Waals surface area contributed by atoms with Gasteiger partial charge in [-0.05, 0) is 36.8 Å². The summed E-state index contributed by atoms with van der Waals surface area (Å²) in [7, 11) is -3.50. The third kappa shape index (κ3) is 4.55. The summed E-state index contributed by atoms with van der Waals surface area (Å²) in [6.45, 7) is 3.36. The number of sulfonamides is 1. The van der Waals surface area contributed by atoms with E-state index in [9.17, 15) is 23.3 Å². The number of piperazine rings is 1. The predicted octanol–water partition coefficient (Wildman–Crippen LogP) is 2.45. The Morgan fingerprint density at radius 3 is 2.07 bits per heavy atom. The van der Waals surface area contributed by atoms with E-state index in [1.165, 1.54) is 35.5 Å².